The van der Waals surface area contributed by atoms with Gasteiger partial charge in [-0.2, -0.15) is 0 Å². The van der Waals surface area contributed by atoms with Crippen molar-refractivity contribution in [2.75, 3.05) is 32.8 Å². The highest BCUT2D eigenvalue weighted by atomic mass is 16.5. The predicted molar refractivity (Wildman–Crippen MR) is 68.8 cm³/mol. The van der Waals surface area contributed by atoms with E-state index in [-0.39, 0.29) is 0 Å². The van der Waals surface area contributed by atoms with E-state index in [0.717, 1.165) is 19.7 Å². The van der Waals surface area contributed by atoms with Crippen molar-refractivity contribution in [3.05, 3.63) is 0 Å². The molecule has 0 amide bonds. The summed E-state index contributed by atoms with van der Waals surface area (Å²) >= 11 is 0. The largest absolute Gasteiger partial charge is 0.374 e. The molecule has 1 aliphatic rings. The fourth-order valence-corrected chi connectivity index (χ4v) is 2.61. The summed E-state index contributed by atoms with van der Waals surface area (Å²) in [5.74, 6) is 0. The van der Waals surface area contributed by atoms with Gasteiger partial charge in [0.05, 0.1) is 12.7 Å². The Balaban J connectivity index is 2.52. The van der Waals surface area contributed by atoms with Crippen molar-refractivity contribution in [2.45, 2.75) is 52.2 Å². The molecule has 1 heterocycles. The SMILES string of the molecule is CCCN(CCC)C(CC)C1CNCCO1. The van der Waals surface area contributed by atoms with Crippen LogP contribution in [0.3, 0.4) is 0 Å². The third kappa shape index (κ3) is 4.04. The van der Waals surface area contributed by atoms with Crippen molar-refractivity contribution in [2.24, 2.45) is 0 Å². The summed E-state index contributed by atoms with van der Waals surface area (Å²) in [6, 6.07) is 0.590. The van der Waals surface area contributed by atoms with Crippen molar-refractivity contribution in [1.82, 2.24) is 10.2 Å². The highest BCUT2D eigenvalue weighted by Crippen LogP contribution is 2.14. The summed E-state index contributed by atoms with van der Waals surface area (Å²) in [7, 11) is 0. The Morgan fingerprint density at radius 3 is 2.38 bits per heavy atom. The molecule has 3 heteroatoms. The molecule has 96 valence electrons. The van der Waals surface area contributed by atoms with Gasteiger partial charge in [-0.25, -0.2) is 0 Å². The molecule has 0 radical (unpaired) electrons. The van der Waals surface area contributed by atoms with Crippen LogP contribution in [0.1, 0.15) is 40.0 Å². The first-order valence-corrected chi connectivity index (χ1v) is 6.89. The molecule has 0 aliphatic carbocycles. The number of ether oxygens (including phenoxy) is 1. The van der Waals surface area contributed by atoms with Crippen molar-refractivity contribution in [1.29, 1.82) is 0 Å². The summed E-state index contributed by atoms with van der Waals surface area (Å²) in [6.45, 7) is 12.1. The Morgan fingerprint density at radius 2 is 1.94 bits per heavy atom. The fraction of sp³-hybridized carbons (Fsp3) is 1.00. The second-order valence-corrected chi connectivity index (χ2v) is 4.62. The Bertz CT molecular complexity index is 163. The van der Waals surface area contributed by atoms with E-state index in [4.69, 9.17) is 4.74 Å². The van der Waals surface area contributed by atoms with Gasteiger partial charge in [0.2, 0.25) is 0 Å². The van der Waals surface area contributed by atoms with Gasteiger partial charge in [0.1, 0.15) is 0 Å². The van der Waals surface area contributed by atoms with Crippen molar-refractivity contribution in [3.8, 4) is 0 Å². The third-order valence-corrected chi connectivity index (χ3v) is 3.29. The summed E-state index contributed by atoms with van der Waals surface area (Å²) in [4.78, 5) is 2.61. The van der Waals surface area contributed by atoms with Gasteiger partial charge < -0.3 is 10.1 Å². The van der Waals surface area contributed by atoms with Crippen molar-refractivity contribution < 1.29 is 4.74 Å². The molecule has 1 fully saturated rings. The molecule has 16 heavy (non-hydrogen) atoms. The lowest BCUT2D eigenvalue weighted by Gasteiger charge is -2.38. The van der Waals surface area contributed by atoms with Gasteiger partial charge in [0.15, 0.2) is 0 Å². The first kappa shape index (κ1) is 13.9. The maximum absolute atomic E-state index is 5.90. The average molecular weight is 228 g/mol. The zero-order valence-electron chi connectivity index (χ0n) is 11.2. The molecule has 0 spiro atoms. The number of nitrogens with one attached hydrogen (secondary N) is 1. The average Bonchev–Trinajstić information content (AvgIpc) is 2.32. The molecular formula is C13H28N2O. The summed E-state index contributed by atoms with van der Waals surface area (Å²) in [6.07, 6.45) is 4.04. The van der Waals surface area contributed by atoms with Gasteiger partial charge in [-0.05, 0) is 32.4 Å². The molecule has 0 bridgehead atoms. The zero-order chi connectivity index (χ0) is 11.8. The lowest BCUT2D eigenvalue weighted by atomic mass is 10.0. The number of hydrogen-bond donors (Lipinski definition) is 1. The van der Waals surface area contributed by atoms with Gasteiger partial charge in [-0.3, -0.25) is 4.90 Å². The van der Waals surface area contributed by atoms with E-state index < -0.39 is 0 Å². The third-order valence-electron chi connectivity index (χ3n) is 3.29. The molecule has 3 nitrogen and oxygen atoms in total. The van der Waals surface area contributed by atoms with Crippen LogP contribution in [0.25, 0.3) is 0 Å². The predicted octanol–water partition coefficient (Wildman–Crippen LogP) is 1.88. The van der Waals surface area contributed by atoms with Crippen LogP contribution in [0.2, 0.25) is 0 Å². The number of morpholine rings is 1. The van der Waals surface area contributed by atoms with Gasteiger partial charge in [-0.1, -0.05) is 20.8 Å². The lowest BCUT2D eigenvalue weighted by Crippen LogP contribution is -2.52. The zero-order valence-corrected chi connectivity index (χ0v) is 11.2. The van der Waals surface area contributed by atoms with Gasteiger partial charge >= 0.3 is 0 Å². The van der Waals surface area contributed by atoms with Crippen LogP contribution in [0, 0.1) is 0 Å². The highest BCUT2D eigenvalue weighted by molar-refractivity contribution is 4.82. The van der Waals surface area contributed by atoms with E-state index in [9.17, 15) is 0 Å². The van der Waals surface area contributed by atoms with E-state index in [0.29, 0.717) is 12.1 Å². The van der Waals surface area contributed by atoms with Crippen LogP contribution in [0.15, 0.2) is 0 Å². The molecule has 0 aromatic carbocycles. The minimum absolute atomic E-state index is 0.386. The van der Waals surface area contributed by atoms with E-state index in [1.165, 1.54) is 32.4 Å². The molecular weight excluding hydrogens is 200 g/mol. The molecule has 2 unspecified atom stereocenters. The van der Waals surface area contributed by atoms with E-state index in [2.05, 4.69) is 31.0 Å². The van der Waals surface area contributed by atoms with E-state index in [1.807, 2.05) is 0 Å². The maximum atomic E-state index is 5.90. The summed E-state index contributed by atoms with van der Waals surface area (Å²) < 4.78 is 5.90. The minimum Gasteiger partial charge on any atom is -0.374 e. The van der Waals surface area contributed by atoms with Crippen LogP contribution < -0.4 is 5.32 Å². The van der Waals surface area contributed by atoms with Crippen LogP contribution in [0.4, 0.5) is 0 Å². The van der Waals surface area contributed by atoms with Gasteiger partial charge in [-0.15, -0.1) is 0 Å². The highest BCUT2D eigenvalue weighted by Gasteiger charge is 2.27. The van der Waals surface area contributed by atoms with Crippen molar-refractivity contribution >= 4 is 0 Å². The Morgan fingerprint density at radius 1 is 1.25 bits per heavy atom. The Kier molecular flexibility index (Phi) is 7.01. The topological polar surface area (TPSA) is 24.5 Å². The van der Waals surface area contributed by atoms with Crippen LogP contribution >= 0.6 is 0 Å². The van der Waals surface area contributed by atoms with Crippen LogP contribution in [0.5, 0.6) is 0 Å². The first-order chi connectivity index (χ1) is 7.83. The summed E-state index contributed by atoms with van der Waals surface area (Å²) in [5.41, 5.74) is 0. The Hall–Kier alpha value is -0.120. The molecule has 1 saturated heterocycles. The fourth-order valence-electron chi connectivity index (χ4n) is 2.61. The molecule has 0 aromatic rings. The second-order valence-electron chi connectivity index (χ2n) is 4.62. The molecule has 0 aromatic heterocycles. The summed E-state index contributed by atoms with van der Waals surface area (Å²) in [5, 5.41) is 3.44. The number of hydrogen-bond acceptors (Lipinski definition) is 3. The second kappa shape index (κ2) is 8.04. The van der Waals surface area contributed by atoms with Gasteiger partial charge in [0, 0.05) is 19.1 Å². The standard InChI is InChI=1S/C13H28N2O/c1-4-8-15(9-5-2)12(6-3)13-11-14-7-10-16-13/h12-14H,4-11H2,1-3H3. The van der Waals surface area contributed by atoms with E-state index in [1.54, 1.807) is 0 Å². The quantitative estimate of drug-likeness (QED) is 0.720. The van der Waals surface area contributed by atoms with Crippen LogP contribution in [-0.4, -0.2) is 49.8 Å². The minimum atomic E-state index is 0.386. The molecule has 1 aliphatic heterocycles. The molecule has 2 atom stereocenters. The smallest absolute Gasteiger partial charge is 0.0854 e. The Labute approximate surface area is 101 Å². The lowest BCUT2D eigenvalue weighted by molar-refractivity contribution is -0.0331. The number of rotatable bonds is 7. The van der Waals surface area contributed by atoms with Crippen molar-refractivity contribution in [3.63, 3.8) is 0 Å². The molecule has 1 rings (SSSR count). The molecule has 1 N–H and O–H groups in total. The van der Waals surface area contributed by atoms with E-state index >= 15 is 0 Å². The number of nitrogens with zero attached hydrogens (tertiary/aromatic N) is 1. The first-order valence-electron chi connectivity index (χ1n) is 6.89. The molecule has 0 saturated carbocycles. The monoisotopic (exact) mass is 228 g/mol. The van der Waals surface area contributed by atoms with Crippen LogP contribution in [-0.2, 0) is 4.74 Å². The maximum Gasteiger partial charge on any atom is 0.0854 e. The normalized spacial score (nSPS) is 23.6. The van der Waals surface area contributed by atoms with Gasteiger partial charge in [0.25, 0.3) is 0 Å².